The molecule has 2 aromatic carbocycles. The first-order chi connectivity index (χ1) is 19.4. The fourth-order valence-electron chi connectivity index (χ4n) is 5.21. The number of para-hydroxylation sites is 1. The normalized spacial score (nSPS) is 17.1. The van der Waals surface area contributed by atoms with E-state index < -0.39 is 31.3 Å². The van der Waals surface area contributed by atoms with E-state index in [0.717, 1.165) is 11.3 Å². The van der Waals surface area contributed by atoms with Gasteiger partial charge >= 0.3 is 0 Å². The maximum atomic E-state index is 13.9. The lowest BCUT2D eigenvalue weighted by Crippen LogP contribution is -2.55. The number of aliphatic hydroxyl groups excluding tert-OH is 1. The van der Waals surface area contributed by atoms with E-state index >= 15 is 0 Å². The number of halogens is 1. The molecule has 12 heteroatoms. The minimum Gasteiger partial charge on any atom is -0.390 e. The van der Waals surface area contributed by atoms with Crippen LogP contribution in [0, 0.1) is 0 Å². The Kier molecular flexibility index (Phi) is 7.88. The van der Waals surface area contributed by atoms with E-state index in [4.69, 9.17) is 11.6 Å². The first-order valence-electron chi connectivity index (χ1n) is 13.5. The van der Waals surface area contributed by atoms with Crippen LogP contribution in [-0.4, -0.2) is 75.0 Å². The van der Waals surface area contributed by atoms with E-state index in [2.05, 4.69) is 15.6 Å². The number of aromatic nitrogens is 2. The highest BCUT2D eigenvalue weighted by atomic mass is 35.5. The van der Waals surface area contributed by atoms with Crippen molar-refractivity contribution in [3.8, 4) is 0 Å². The van der Waals surface area contributed by atoms with Crippen molar-refractivity contribution in [2.45, 2.75) is 55.4 Å². The molecule has 1 aromatic heterocycles. The zero-order valence-electron chi connectivity index (χ0n) is 23.0. The van der Waals surface area contributed by atoms with Gasteiger partial charge in [0.1, 0.15) is 5.69 Å². The number of hydrogen-bond donors (Lipinski definition) is 3. The highest BCUT2D eigenvalue weighted by molar-refractivity contribution is 7.94. The Morgan fingerprint density at radius 2 is 1.80 bits per heavy atom. The number of hydrogen-bond acceptors (Lipinski definition) is 7. The summed E-state index contributed by atoms with van der Waals surface area (Å²) in [4.78, 5) is 32.0. The lowest BCUT2D eigenvalue weighted by atomic mass is 10.1. The quantitative estimate of drug-likeness (QED) is 0.308. The molecule has 1 fully saturated rings. The predicted molar refractivity (Wildman–Crippen MR) is 157 cm³/mol. The zero-order valence-corrected chi connectivity index (χ0v) is 24.6. The smallest absolute Gasteiger partial charge is 0.287 e. The molecule has 0 saturated heterocycles. The second-order valence-electron chi connectivity index (χ2n) is 11.2. The van der Waals surface area contributed by atoms with Crippen LogP contribution in [0.15, 0.2) is 60.8 Å². The van der Waals surface area contributed by atoms with Crippen molar-refractivity contribution < 1.29 is 23.1 Å². The van der Waals surface area contributed by atoms with Crippen LogP contribution in [0.4, 0.5) is 5.69 Å². The van der Waals surface area contributed by atoms with Crippen LogP contribution in [0.2, 0.25) is 5.02 Å². The third-order valence-corrected chi connectivity index (χ3v) is 11.7. The molecule has 1 aliphatic carbocycles. The molecule has 2 aliphatic rings. The lowest BCUT2D eigenvalue weighted by Gasteiger charge is -2.37. The number of carbonyl (C=O) groups excluding carboxylic acids is 2. The number of rotatable bonds is 11. The average molecular weight is 600 g/mol. The number of imidazole rings is 1. The molecule has 1 saturated carbocycles. The standard InChI is InChI=1S/C29H34ClN5O5S/c1-28(2,24(36)18-31-22-6-4-3-5-7-22)41(39,40)29(12-13-29)19-34-14-15-35-23(27(34)38)17-32-25(35)26(37)33-16-20-8-10-21(30)11-9-20/h3-11,17,24,31,36H,12-16,18-19H2,1-2H3,(H,33,37)/t24-/m0/s1. The second kappa shape index (κ2) is 11.1. The molecule has 41 heavy (non-hydrogen) atoms. The molecule has 2 amide bonds. The number of aliphatic hydroxyl groups is 1. The SMILES string of the molecule is CC(C)([C@@H](O)CNc1ccccc1)S(=O)(=O)C1(CN2CCn3c(cnc3C(=O)NCc3ccc(Cl)cc3)C2=O)CC1. The van der Waals surface area contributed by atoms with Crippen molar-refractivity contribution in [1.29, 1.82) is 0 Å². The lowest BCUT2D eigenvalue weighted by molar-refractivity contribution is 0.0697. The Bertz CT molecular complexity index is 1540. The molecule has 5 rings (SSSR count). The van der Waals surface area contributed by atoms with Gasteiger partial charge in [-0.05, 0) is 56.5 Å². The van der Waals surface area contributed by atoms with E-state index in [1.165, 1.54) is 11.1 Å². The summed E-state index contributed by atoms with van der Waals surface area (Å²) >= 11 is 5.92. The van der Waals surface area contributed by atoms with E-state index in [1.807, 2.05) is 42.5 Å². The number of carbonyl (C=O) groups is 2. The molecule has 1 atom stereocenters. The second-order valence-corrected chi connectivity index (χ2v) is 14.6. The Morgan fingerprint density at radius 1 is 1.12 bits per heavy atom. The van der Waals surface area contributed by atoms with Crippen LogP contribution in [0.3, 0.4) is 0 Å². The Labute approximate surface area is 244 Å². The first-order valence-corrected chi connectivity index (χ1v) is 15.4. The van der Waals surface area contributed by atoms with Gasteiger partial charge in [0, 0.05) is 43.4 Å². The van der Waals surface area contributed by atoms with Crippen molar-refractivity contribution in [1.82, 2.24) is 19.8 Å². The molecular weight excluding hydrogens is 566 g/mol. The van der Waals surface area contributed by atoms with Gasteiger partial charge in [0.25, 0.3) is 11.8 Å². The molecule has 2 heterocycles. The molecule has 10 nitrogen and oxygen atoms in total. The molecule has 3 N–H and O–H groups in total. The predicted octanol–water partition coefficient (Wildman–Crippen LogP) is 3.12. The van der Waals surface area contributed by atoms with Crippen molar-refractivity contribution in [3.05, 3.63) is 82.9 Å². The summed E-state index contributed by atoms with van der Waals surface area (Å²) in [6.07, 6.45) is 1.03. The summed E-state index contributed by atoms with van der Waals surface area (Å²) in [5, 5.41) is 17.5. The van der Waals surface area contributed by atoms with Crippen molar-refractivity contribution in [3.63, 3.8) is 0 Å². The van der Waals surface area contributed by atoms with Gasteiger partial charge in [-0.2, -0.15) is 0 Å². The third kappa shape index (κ3) is 5.58. The number of amides is 2. The minimum absolute atomic E-state index is 0.0275. The number of nitrogens with zero attached hydrogens (tertiary/aromatic N) is 3. The fourth-order valence-corrected chi connectivity index (χ4v) is 7.85. The van der Waals surface area contributed by atoms with Crippen LogP contribution in [-0.2, 0) is 22.9 Å². The summed E-state index contributed by atoms with van der Waals surface area (Å²) in [5.41, 5.74) is 1.90. The Morgan fingerprint density at radius 3 is 2.46 bits per heavy atom. The summed E-state index contributed by atoms with van der Waals surface area (Å²) in [6.45, 7) is 4.02. The molecule has 0 radical (unpaired) electrons. The fraction of sp³-hybridized carbons (Fsp3) is 0.414. The van der Waals surface area contributed by atoms with Gasteiger partial charge in [0.15, 0.2) is 15.7 Å². The van der Waals surface area contributed by atoms with Crippen LogP contribution in [0.1, 0.15) is 53.4 Å². The van der Waals surface area contributed by atoms with Crippen LogP contribution in [0.25, 0.3) is 0 Å². The molecule has 0 spiro atoms. The van der Waals surface area contributed by atoms with Gasteiger partial charge in [-0.25, -0.2) is 13.4 Å². The zero-order chi connectivity index (χ0) is 29.4. The van der Waals surface area contributed by atoms with Crippen LogP contribution >= 0.6 is 11.6 Å². The molecule has 218 valence electrons. The monoisotopic (exact) mass is 599 g/mol. The van der Waals surface area contributed by atoms with Crippen LogP contribution in [0.5, 0.6) is 0 Å². The summed E-state index contributed by atoms with van der Waals surface area (Å²) < 4.78 is 26.8. The molecule has 0 bridgehead atoms. The minimum atomic E-state index is -3.85. The van der Waals surface area contributed by atoms with Crippen molar-refractivity contribution in [2.24, 2.45) is 0 Å². The molecule has 0 unspecified atom stereocenters. The maximum absolute atomic E-state index is 13.9. The van der Waals surface area contributed by atoms with Crippen molar-refractivity contribution >= 4 is 38.9 Å². The number of anilines is 1. The number of nitrogens with one attached hydrogen (secondary N) is 2. The molecule has 3 aromatic rings. The van der Waals surface area contributed by atoms with Gasteiger partial charge in [-0.1, -0.05) is 41.9 Å². The summed E-state index contributed by atoms with van der Waals surface area (Å²) in [5.74, 6) is -0.648. The van der Waals surface area contributed by atoms with Gasteiger partial charge in [-0.15, -0.1) is 0 Å². The van der Waals surface area contributed by atoms with Crippen molar-refractivity contribution in [2.75, 3.05) is 25.0 Å². The van der Waals surface area contributed by atoms with E-state index in [1.54, 1.807) is 30.5 Å². The van der Waals surface area contributed by atoms with E-state index in [0.29, 0.717) is 24.4 Å². The topological polar surface area (TPSA) is 134 Å². The largest absolute Gasteiger partial charge is 0.390 e. The Hall–Kier alpha value is -3.41. The summed E-state index contributed by atoms with van der Waals surface area (Å²) in [7, 11) is -3.85. The number of sulfone groups is 1. The first kappa shape index (κ1) is 29.1. The highest BCUT2D eigenvalue weighted by Gasteiger charge is 2.62. The summed E-state index contributed by atoms with van der Waals surface area (Å²) in [6, 6.07) is 16.4. The van der Waals surface area contributed by atoms with Gasteiger partial charge in [-0.3, -0.25) is 9.59 Å². The maximum Gasteiger partial charge on any atom is 0.287 e. The van der Waals surface area contributed by atoms with Crippen LogP contribution < -0.4 is 10.6 Å². The molecule has 1 aliphatic heterocycles. The molecular formula is C29H34ClN5O5S. The number of fused-ring (bicyclic) bond motifs is 1. The Balaban J connectivity index is 1.24. The number of benzene rings is 2. The van der Waals surface area contributed by atoms with Gasteiger partial charge in [0.05, 0.1) is 21.8 Å². The van der Waals surface area contributed by atoms with E-state index in [9.17, 15) is 23.1 Å². The highest BCUT2D eigenvalue weighted by Crippen LogP contribution is 2.50. The van der Waals surface area contributed by atoms with Gasteiger partial charge in [0.2, 0.25) is 0 Å². The average Bonchev–Trinajstić information content (AvgIpc) is 3.63. The third-order valence-electron chi connectivity index (χ3n) is 8.15. The van der Waals surface area contributed by atoms with Gasteiger partial charge < -0.3 is 25.2 Å². The van der Waals surface area contributed by atoms with E-state index in [-0.39, 0.29) is 43.6 Å².